The summed E-state index contributed by atoms with van der Waals surface area (Å²) in [6.45, 7) is 0. The molecule has 3 aromatic carbocycles. The van der Waals surface area contributed by atoms with E-state index in [4.69, 9.17) is 0 Å². The number of benzene rings is 3. The Hall–Kier alpha value is -3.16. The molecule has 0 aliphatic heterocycles. The van der Waals surface area contributed by atoms with Gasteiger partial charge in [-0.3, -0.25) is 9.59 Å². The van der Waals surface area contributed by atoms with E-state index in [1.54, 1.807) is 42.5 Å². The minimum Gasteiger partial charge on any atom is -0.289 e. The van der Waals surface area contributed by atoms with Gasteiger partial charge in [-0.15, -0.1) is 12.6 Å². The highest BCUT2D eigenvalue weighted by atomic mass is 32.1. The largest absolute Gasteiger partial charge is 0.289 e. The van der Waals surface area contributed by atoms with Crippen molar-refractivity contribution in [2.45, 2.75) is 10.8 Å². The summed E-state index contributed by atoms with van der Waals surface area (Å²) in [7, 11) is 0. The first-order valence-electron chi connectivity index (χ1n) is 8.11. The van der Waals surface area contributed by atoms with Crippen LogP contribution in [0.2, 0.25) is 0 Å². The van der Waals surface area contributed by atoms with Crippen molar-refractivity contribution in [1.82, 2.24) is 0 Å². The monoisotopic (exact) mass is 355 g/mol. The minimum absolute atomic E-state index is 0.158. The van der Waals surface area contributed by atoms with E-state index >= 15 is 0 Å². The zero-order valence-electron chi connectivity index (χ0n) is 13.6. The Kier molecular flexibility index (Phi) is 3.95. The molecule has 0 bridgehead atoms. The summed E-state index contributed by atoms with van der Waals surface area (Å²) in [5, 5.41) is 9.66. The molecule has 0 heterocycles. The fourth-order valence-electron chi connectivity index (χ4n) is 3.30. The van der Waals surface area contributed by atoms with Crippen LogP contribution in [0.15, 0.2) is 71.6 Å². The smallest absolute Gasteiger partial charge is 0.194 e. The van der Waals surface area contributed by atoms with Crippen LogP contribution in [-0.4, -0.2) is 11.6 Å². The maximum atomic E-state index is 12.9. The normalized spacial score (nSPS) is 13.5. The third-order valence-corrected chi connectivity index (χ3v) is 4.94. The highest BCUT2D eigenvalue weighted by molar-refractivity contribution is 7.80. The summed E-state index contributed by atoms with van der Waals surface area (Å²) in [5.41, 5.74) is 3.10. The lowest BCUT2D eigenvalue weighted by Crippen LogP contribution is -2.21. The standard InChI is InChI=1S/C22H13NO2S/c23-12-20(13-5-8-15(26)9-6-13)14-7-10-18-19(11-14)22(25)17-4-2-1-3-16(17)21(18)24/h1-11,20,26H. The second-order valence-electron chi connectivity index (χ2n) is 6.16. The van der Waals surface area contributed by atoms with Gasteiger partial charge < -0.3 is 0 Å². The number of hydrogen-bond donors (Lipinski definition) is 1. The van der Waals surface area contributed by atoms with E-state index in [1.807, 2.05) is 24.3 Å². The summed E-state index contributed by atoms with van der Waals surface area (Å²) >= 11 is 4.27. The van der Waals surface area contributed by atoms with E-state index in [1.165, 1.54) is 0 Å². The number of carbonyl (C=O) groups excluding carboxylic acids is 2. The number of nitriles is 1. The Morgan fingerprint density at radius 3 is 1.88 bits per heavy atom. The maximum absolute atomic E-state index is 12.9. The topological polar surface area (TPSA) is 57.9 Å². The average Bonchev–Trinajstić information content (AvgIpc) is 2.68. The molecule has 4 heteroatoms. The first-order chi connectivity index (χ1) is 12.6. The zero-order valence-corrected chi connectivity index (χ0v) is 14.5. The quantitative estimate of drug-likeness (QED) is 0.542. The predicted molar refractivity (Wildman–Crippen MR) is 101 cm³/mol. The van der Waals surface area contributed by atoms with Crippen molar-refractivity contribution in [2.75, 3.05) is 0 Å². The van der Waals surface area contributed by atoms with E-state index in [-0.39, 0.29) is 11.6 Å². The molecule has 124 valence electrons. The molecule has 3 aromatic rings. The van der Waals surface area contributed by atoms with Crippen molar-refractivity contribution in [1.29, 1.82) is 5.26 Å². The van der Waals surface area contributed by atoms with Gasteiger partial charge in [0.05, 0.1) is 12.0 Å². The second kappa shape index (κ2) is 6.29. The fraction of sp³-hybridized carbons (Fsp3) is 0.0455. The molecule has 1 aliphatic carbocycles. The second-order valence-corrected chi connectivity index (χ2v) is 6.68. The molecule has 0 amide bonds. The summed E-state index contributed by atoms with van der Waals surface area (Å²) in [4.78, 5) is 26.4. The summed E-state index contributed by atoms with van der Waals surface area (Å²) in [6.07, 6.45) is 0. The molecule has 0 saturated carbocycles. The van der Waals surface area contributed by atoms with Crippen LogP contribution in [0.5, 0.6) is 0 Å². The van der Waals surface area contributed by atoms with Crippen molar-refractivity contribution in [2.24, 2.45) is 0 Å². The van der Waals surface area contributed by atoms with Gasteiger partial charge in [-0.2, -0.15) is 5.26 Å². The Bertz CT molecular complexity index is 1090. The lowest BCUT2D eigenvalue weighted by atomic mass is 9.81. The molecule has 0 radical (unpaired) electrons. The number of fused-ring (bicyclic) bond motifs is 2. The van der Waals surface area contributed by atoms with Gasteiger partial charge in [-0.1, -0.05) is 42.5 Å². The van der Waals surface area contributed by atoms with Crippen molar-refractivity contribution in [3.8, 4) is 6.07 Å². The van der Waals surface area contributed by atoms with E-state index < -0.39 is 5.92 Å². The lowest BCUT2D eigenvalue weighted by molar-refractivity contribution is 0.0979. The van der Waals surface area contributed by atoms with Crippen molar-refractivity contribution in [3.05, 3.63) is 100 Å². The van der Waals surface area contributed by atoms with Gasteiger partial charge in [-0.25, -0.2) is 0 Å². The Balaban J connectivity index is 1.82. The van der Waals surface area contributed by atoms with Crippen LogP contribution in [0.3, 0.4) is 0 Å². The lowest BCUT2D eigenvalue weighted by Gasteiger charge is -2.19. The molecule has 0 N–H and O–H groups in total. The third-order valence-electron chi connectivity index (χ3n) is 4.64. The Morgan fingerprint density at radius 2 is 1.27 bits per heavy atom. The molecule has 1 atom stereocenters. The highest BCUT2D eigenvalue weighted by Gasteiger charge is 2.30. The minimum atomic E-state index is -0.519. The van der Waals surface area contributed by atoms with Crippen LogP contribution in [-0.2, 0) is 0 Å². The fourth-order valence-corrected chi connectivity index (χ4v) is 3.45. The molecule has 0 spiro atoms. The molecular formula is C22H13NO2S. The predicted octanol–water partition coefficient (Wildman–Crippen LogP) is 4.41. The van der Waals surface area contributed by atoms with Gasteiger partial charge in [0.2, 0.25) is 0 Å². The van der Waals surface area contributed by atoms with Crippen LogP contribution in [0.25, 0.3) is 0 Å². The van der Waals surface area contributed by atoms with Gasteiger partial charge >= 0.3 is 0 Å². The molecule has 0 aromatic heterocycles. The van der Waals surface area contributed by atoms with Crippen molar-refractivity contribution in [3.63, 3.8) is 0 Å². The van der Waals surface area contributed by atoms with Crippen LogP contribution in [0.1, 0.15) is 48.9 Å². The van der Waals surface area contributed by atoms with E-state index in [9.17, 15) is 14.9 Å². The van der Waals surface area contributed by atoms with Crippen LogP contribution < -0.4 is 0 Å². The SMILES string of the molecule is N#CC(c1ccc(S)cc1)c1ccc2c(c1)C(=O)c1ccccc1C2=O. The Morgan fingerprint density at radius 1 is 0.731 bits per heavy atom. The summed E-state index contributed by atoms with van der Waals surface area (Å²) in [5.74, 6) is -0.858. The first-order valence-corrected chi connectivity index (χ1v) is 8.56. The molecule has 1 unspecified atom stereocenters. The molecular weight excluding hydrogens is 342 g/mol. The molecule has 1 aliphatic rings. The molecule has 3 nitrogen and oxygen atoms in total. The van der Waals surface area contributed by atoms with Crippen LogP contribution in [0.4, 0.5) is 0 Å². The maximum Gasteiger partial charge on any atom is 0.194 e. The number of hydrogen-bond acceptors (Lipinski definition) is 4. The number of carbonyl (C=O) groups is 2. The van der Waals surface area contributed by atoms with Gasteiger partial charge in [0.15, 0.2) is 11.6 Å². The van der Waals surface area contributed by atoms with Gasteiger partial charge in [0.25, 0.3) is 0 Å². The van der Waals surface area contributed by atoms with Gasteiger partial charge in [-0.05, 0) is 35.4 Å². The first kappa shape index (κ1) is 16.3. The van der Waals surface area contributed by atoms with E-state index in [0.29, 0.717) is 27.8 Å². The molecule has 4 rings (SSSR count). The van der Waals surface area contributed by atoms with Crippen molar-refractivity contribution < 1.29 is 9.59 Å². The molecule has 26 heavy (non-hydrogen) atoms. The van der Waals surface area contributed by atoms with Gasteiger partial charge in [0, 0.05) is 27.1 Å². The Labute approximate surface area is 156 Å². The van der Waals surface area contributed by atoms with E-state index in [2.05, 4.69) is 18.7 Å². The third kappa shape index (κ3) is 2.54. The highest BCUT2D eigenvalue weighted by Crippen LogP contribution is 2.32. The van der Waals surface area contributed by atoms with E-state index in [0.717, 1.165) is 10.5 Å². The summed E-state index contributed by atoms with van der Waals surface area (Å²) < 4.78 is 0. The summed E-state index contributed by atoms with van der Waals surface area (Å²) in [6, 6.07) is 21.5. The average molecular weight is 355 g/mol. The number of ketones is 2. The van der Waals surface area contributed by atoms with Gasteiger partial charge in [0.1, 0.15) is 0 Å². The zero-order chi connectivity index (χ0) is 18.3. The number of nitrogens with zero attached hydrogens (tertiary/aromatic N) is 1. The number of thiol groups is 1. The number of rotatable bonds is 2. The van der Waals surface area contributed by atoms with Crippen molar-refractivity contribution >= 4 is 24.2 Å². The molecule has 0 saturated heterocycles. The van der Waals surface area contributed by atoms with Crippen LogP contribution in [0, 0.1) is 11.3 Å². The molecule has 0 fully saturated rings. The van der Waals surface area contributed by atoms with Crippen LogP contribution >= 0.6 is 12.6 Å².